The van der Waals surface area contributed by atoms with E-state index in [4.69, 9.17) is 0 Å². The number of aliphatic hydroxyl groups is 1. The third-order valence-electron chi connectivity index (χ3n) is 3.74. The van der Waals surface area contributed by atoms with Gasteiger partial charge in [-0.2, -0.15) is 5.10 Å². The molecule has 1 aliphatic carbocycles. The number of nitrogens with zero attached hydrogens (tertiary/aromatic N) is 3. The van der Waals surface area contributed by atoms with Gasteiger partial charge in [-0.3, -0.25) is 4.68 Å². The van der Waals surface area contributed by atoms with Gasteiger partial charge in [0.25, 0.3) is 0 Å². The summed E-state index contributed by atoms with van der Waals surface area (Å²) in [5.74, 6) is 0. The second kappa shape index (κ2) is 4.61. The molecule has 3 rings (SSSR count). The normalized spacial score (nSPS) is 18.9. The molecule has 4 nitrogen and oxygen atoms in total. The Morgan fingerprint density at radius 2 is 2.28 bits per heavy atom. The van der Waals surface area contributed by atoms with Gasteiger partial charge in [0.05, 0.1) is 11.8 Å². The fourth-order valence-corrected chi connectivity index (χ4v) is 2.77. The van der Waals surface area contributed by atoms with Crippen LogP contribution in [0.1, 0.15) is 35.9 Å². The minimum Gasteiger partial charge on any atom is -0.388 e. The molecular formula is C14H19N3O. The van der Waals surface area contributed by atoms with Crippen LogP contribution in [0.15, 0.2) is 24.5 Å². The Morgan fingerprint density at radius 1 is 1.39 bits per heavy atom. The van der Waals surface area contributed by atoms with E-state index in [2.05, 4.69) is 28.0 Å². The highest BCUT2D eigenvalue weighted by atomic mass is 16.3. The smallest absolute Gasteiger partial charge is 0.0807 e. The van der Waals surface area contributed by atoms with E-state index in [-0.39, 0.29) is 6.10 Å². The van der Waals surface area contributed by atoms with Gasteiger partial charge in [0.2, 0.25) is 0 Å². The van der Waals surface area contributed by atoms with E-state index in [0.717, 1.165) is 43.5 Å². The standard InChI is InChI=1S/C14H19N3O/c1-16-8-5-11(15-16)6-9-17-10-7-12-13(17)3-2-4-14(12)18/h5,7-8,10,14,18H,2-4,6,9H2,1H3. The Kier molecular flexibility index (Phi) is 2.96. The summed E-state index contributed by atoms with van der Waals surface area (Å²) < 4.78 is 4.11. The Balaban J connectivity index is 1.73. The van der Waals surface area contributed by atoms with Crippen molar-refractivity contribution in [2.24, 2.45) is 7.05 Å². The maximum absolute atomic E-state index is 9.93. The highest BCUT2D eigenvalue weighted by Gasteiger charge is 2.20. The zero-order chi connectivity index (χ0) is 12.5. The third-order valence-corrected chi connectivity index (χ3v) is 3.74. The van der Waals surface area contributed by atoms with Crippen LogP contribution in [0.4, 0.5) is 0 Å². The number of hydrogen-bond donors (Lipinski definition) is 1. The summed E-state index contributed by atoms with van der Waals surface area (Å²) in [7, 11) is 1.94. The number of aliphatic hydroxyl groups excluding tert-OH is 1. The highest BCUT2D eigenvalue weighted by molar-refractivity contribution is 5.27. The SMILES string of the molecule is Cn1ccc(CCn2ccc3c2CCCC3O)n1. The van der Waals surface area contributed by atoms with E-state index < -0.39 is 0 Å². The van der Waals surface area contributed by atoms with Crippen LogP contribution >= 0.6 is 0 Å². The second-order valence-corrected chi connectivity index (χ2v) is 5.05. The van der Waals surface area contributed by atoms with Gasteiger partial charge in [0, 0.05) is 43.7 Å². The van der Waals surface area contributed by atoms with Crippen molar-refractivity contribution in [3.8, 4) is 0 Å². The van der Waals surface area contributed by atoms with E-state index in [0.29, 0.717) is 0 Å². The molecule has 0 aliphatic heterocycles. The number of fused-ring (bicyclic) bond motifs is 1. The van der Waals surface area contributed by atoms with E-state index >= 15 is 0 Å². The molecule has 0 saturated carbocycles. The van der Waals surface area contributed by atoms with Gasteiger partial charge >= 0.3 is 0 Å². The molecule has 0 aromatic carbocycles. The van der Waals surface area contributed by atoms with Crippen molar-refractivity contribution in [1.82, 2.24) is 14.3 Å². The first kappa shape index (κ1) is 11.5. The van der Waals surface area contributed by atoms with Gasteiger partial charge in [-0.1, -0.05) is 0 Å². The van der Waals surface area contributed by atoms with Crippen LogP contribution in [0.3, 0.4) is 0 Å². The molecular weight excluding hydrogens is 226 g/mol. The monoisotopic (exact) mass is 245 g/mol. The van der Waals surface area contributed by atoms with Gasteiger partial charge in [0.15, 0.2) is 0 Å². The summed E-state index contributed by atoms with van der Waals surface area (Å²) in [4.78, 5) is 0. The van der Waals surface area contributed by atoms with Crippen LogP contribution < -0.4 is 0 Å². The number of hydrogen-bond acceptors (Lipinski definition) is 2. The van der Waals surface area contributed by atoms with E-state index in [1.54, 1.807) is 0 Å². The van der Waals surface area contributed by atoms with Crippen LogP contribution in [-0.4, -0.2) is 19.5 Å². The molecule has 2 aromatic rings. The predicted molar refractivity (Wildman–Crippen MR) is 69.2 cm³/mol. The van der Waals surface area contributed by atoms with Gasteiger partial charge < -0.3 is 9.67 Å². The van der Waals surface area contributed by atoms with Crippen LogP contribution in [0, 0.1) is 0 Å². The first-order valence-electron chi connectivity index (χ1n) is 6.58. The maximum atomic E-state index is 9.93. The van der Waals surface area contributed by atoms with Gasteiger partial charge in [-0.25, -0.2) is 0 Å². The molecule has 0 radical (unpaired) electrons. The summed E-state index contributed by atoms with van der Waals surface area (Å²) >= 11 is 0. The summed E-state index contributed by atoms with van der Waals surface area (Å²) in [6.07, 6.45) is 7.83. The Morgan fingerprint density at radius 3 is 3.06 bits per heavy atom. The summed E-state index contributed by atoms with van der Waals surface area (Å²) in [5.41, 5.74) is 3.56. The van der Waals surface area contributed by atoms with Crippen molar-refractivity contribution in [2.75, 3.05) is 0 Å². The molecule has 96 valence electrons. The molecule has 2 aromatic heterocycles. The Bertz CT molecular complexity index is 541. The lowest BCUT2D eigenvalue weighted by atomic mass is 9.95. The number of aryl methyl sites for hydroxylation is 3. The molecule has 1 atom stereocenters. The lowest BCUT2D eigenvalue weighted by Crippen LogP contribution is -2.12. The second-order valence-electron chi connectivity index (χ2n) is 5.05. The fourth-order valence-electron chi connectivity index (χ4n) is 2.77. The van der Waals surface area contributed by atoms with Crippen LogP contribution in [0.5, 0.6) is 0 Å². The number of aromatic nitrogens is 3. The van der Waals surface area contributed by atoms with Crippen molar-refractivity contribution in [2.45, 2.75) is 38.3 Å². The molecule has 0 fully saturated rings. The molecule has 18 heavy (non-hydrogen) atoms. The van der Waals surface area contributed by atoms with Gasteiger partial charge in [-0.05, 0) is 31.4 Å². The average molecular weight is 245 g/mol. The third kappa shape index (κ3) is 2.08. The molecule has 1 aliphatic rings. The minimum absolute atomic E-state index is 0.259. The molecule has 0 spiro atoms. The largest absolute Gasteiger partial charge is 0.388 e. The average Bonchev–Trinajstić information content (AvgIpc) is 2.94. The fraction of sp³-hybridized carbons (Fsp3) is 0.500. The lowest BCUT2D eigenvalue weighted by Gasteiger charge is -2.20. The van der Waals surface area contributed by atoms with Crippen molar-refractivity contribution in [3.63, 3.8) is 0 Å². The predicted octanol–water partition coefficient (Wildman–Crippen LogP) is 1.83. The van der Waals surface area contributed by atoms with Crippen molar-refractivity contribution >= 4 is 0 Å². The summed E-state index contributed by atoms with van der Waals surface area (Å²) in [5, 5.41) is 14.3. The minimum atomic E-state index is -0.259. The molecule has 2 heterocycles. The van der Waals surface area contributed by atoms with Crippen LogP contribution in [-0.2, 0) is 26.4 Å². The maximum Gasteiger partial charge on any atom is 0.0807 e. The number of rotatable bonds is 3. The molecule has 1 unspecified atom stereocenters. The van der Waals surface area contributed by atoms with Gasteiger partial charge in [-0.15, -0.1) is 0 Å². The first-order valence-corrected chi connectivity index (χ1v) is 6.58. The van der Waals surface area contributed by atoms with Crippen molar-refractivity contribution < 1.29 is 5.11 Å². The van der Waals surface area contributed by atoms with Gasteiger partial charge in [0.1, 0.15) is 0 Å². The summed E-state index contributed by atoms with van der Waals surface area (Å²) in [6.45, 7) is 0.944. The Labute approximate surface area is 107 Å². The first-order chi connectivity index (χ1) is 8.74. The molecule has 0 saturated heterocycles. The molecule has 0 bridgehead atoms. The molecule has 4 heteroatoms. The van der Waals surface area contributed by atoms with E-state index in [1.165, 1.54) is 5.69 Å². The van der Waals surface area contributed by atoms with Crippen LogP contribution in [0.2, 0.25) is 0 Å². The topological polar surface area (TPSA) is 43.0 Å². The molecule has 1 N–H and O–H groups in total. The highest BCUT2D eigenvalue weighted by Crippen LogP contribution is 2.30. The van der Waals surface area contributed by atoms with Crippen molar-refractivity contribution in [3.05, 3.63) is 41.5 Å². The quantitative estimate of drug-likeness (QED) is 0.896. The van der Waals surface area contributed by atoms with Crippen LogP contribution in [0.25, 0.3) is 0 Å². The van der Waals surface area contributed by atoms with Crippen molar-refractivity contribution in [1.29, 1.82) is 0 Å². The van der Waals surface area contributed by atoms with E-state index in [1.807, 2.05) is 17.9 Å². The lowest BCUT2D eigenvalue weighted by molar-refractivity contribution is 0.155. The Hall–Kier alpha value is -1.55. The van der Waals surface area contributed by atoms with E-state index in [9.17, 15) is 5.11 Å². The zero-order valence-electron chi connectivity index (χ0n) is 10.7. The summed E-state index contributed by atoms with van der Waals surface area (Å²) in [6, 6.07) is 4.13. The molecule has 0 amide bonds. The zero-order valence-corrected chi connectivity index (χ0v) is 10.7.